The number of rotatable bonds is 7. The molecule has 25 heavy (non-hydrogen) atoms. The lowest BCUT2D eigenvalue weighted by Gasteiger charge is -2.25. The molecular weight excluding hydrogens is 337 g/mol. The first-order valence-corrected chi connectivity index (χ1v) is 7.63. The average Bonchev–Trinajstić information content (AvgIpc) is 3.11. The first-order chi connectivity index (χ1) is 11.8. The fourth-order valence-corrected chi connectivity index (χ4v) is 2.21. The van der Waals surface area contributed by atoms with Crippen LogP contribution in [0.5, 0.6) is 0 Å². The van der Waals surface area contributed by atoms with E-state index in [4.69, 9.17) is 0 Å². The van der Waals surface area contributed by atoms with Crippen LogP contribution >= 0.6 is 0 Å². The zero-order chi connectivity index (χ0) is 18.4. The number of alkyl halides is 3. The number of carbonyl (C=O) groups excluding carboxylic acids is 1. The SMILES string of the molecule is CC(c1ccc(-n2cncn2)cc1)N(C)C(=O)CCOCC(F)(F)F. The van der Waals surface area contributed by atoms with Crippen LogP contribution in [0.1, 0.15) is 24.9 Å². The van der Waals surface area contributed by atoms with Crippen LogP contribution in [0.2, 0.25) is 0 Å². The Morgan fingerprint density at radius 2 is 2.00 bits per heavy atom. The van der Waals surface area contributed by atoms with Gasteiger partial charge in [0, 0.05) is 7.05 Å². The van der Waals surface area contributed by atoms with E-state index in [2.05, 4.69) is 14.8 Å². The predicted molar refractivity (Wildman–Crippen MR) is 84.0 cm³/mol. The second-order valence-corrected chi connectivity index (χ2v) is 5.53. The molecule has 0 radical (unpaired) electrons. The normalized spacial score (nSPS) is 12.8. The number of amides is 1. The monoisotopic (exact) mass is 356 g/mol. The molecule has 0 spiro atoms. The Bertz CT molecular complexity index is 672. The molecule has 1 aromatic carbocycles. The molecule has 0 N–H and O–H groups in total. The highest BCUT2D eigenvalue weighted by Crippen LogP contribution is 2.21. The third-order valence-corrected chi connectivity index (χ3v) is 3.76. The van der Waals surface area contributed by atoms with Crippen molar-refractivity contribution in [1.82, 2.24) is 19.7 Å². The number of hydrogen-bond donors (Lipinski definition) is 0. The predicted octanol–water partition coefficient (Wildman–Crippen LogP) is 2.76. The van der Waals surface area contributed by atoms with E-state index >= 15 is 0 Å². The first-order valence-electron chi connectivity index (χ1n) is 7.63. The maximum Gasteiger partial charge on any atom is 0.411 e. The topological polar surface area (TPSA) is 60.2 Å². The third-order valence-electron chi connectivity index (χ3n) is 3.76. The summed E-state index contributed by atoms with van der Waals surface area (Å²) in [5, 5.41) is 4.03. The Morgan fingerprint density at radius 1 is 1.32 bits per heavy atom. The molecule has 6 nitrogen and oxygen atoms in total. The van der Waals surface area contributed by atoms with Crippen LogP contribution < -0.4 is 0 Å². The van der Waals surface area contributed by atoms with Crippen LogP contribution in [-0.4, -0.2) is 52.0 Å². The van der Waals surface area contributed by atoms with Gasteiger partial charge in [0.15, 0.2) is 0 Å². The van der Waals surface area contributed by atoms with Gasteiger partial charge in [-0.25, -0.2) is 9.67 Å². The van der Waals surface area contributed by atoms with Crippen molar-refractivity contribution in [2.75, 3.05) is 20.3 Å². The molecule has 0 fully saturated rings. The van der Waals surface area contributed by atoms with Crippen molar-refractivity contribution in [3.8, 4) is 5.69 Å². The van der Waals surface area contributed by atoms with Gasteiger partial charge in [0.25, 0.3) is 0 Å². The standard InChI is InChI=1S/C16H19F3N4O2/c1-12(22(2)15(24)7-8-25-9-16(17,18)19)13-3-5-14(6-4-13)23-11-20-10-21-23/h3-6,10-12H,7-9H2,1-2H3. The van der Waals surface area contributed by atoms with E-state index in [-0.39, 0.29) is 25.0 Å². The van der Waals surface area contributed by atoms with Crippen LogP contribution in [-0.2, 0) is 9.53 Å². The second-order valence-electron chi connectivity index (χ2n) is 5.53. The summed E-state index contributed by atoms with van der Waals surface area (Å²) in [4.78, 5) is 17.4. The van der Waals surface area contributed by atoms with E-state index in [1.54, 1.807) is 18.1 Å². The Hall–Kier alpha value is -2.42. The zero-order valence-electron chi connectivity index (χ0n) is 13.9. The molecule has 1 heterocycles. The molecule has 2 aromatic rings. The van der Waals surface area contributed by atoms with Crippen LogP contribution in [0.4, 0.5) is 13.2 Å². The number of carbonyl (C=O) groups is 1. The van der Waals surface area contributed by atoms with Gasteiger partial charge in [-0.3, -0.25) is 4.79 Å². The lowest BCUT2D eigenvalue weighted by atomic mass is 10.1. The van der Waals surface area contributed by atoms with Crippen LogP contribution in [0.25, 0.3) is 5.69 Å². The fourth-order valence-electron chi connectivity index (χ4n) is 2.21. The molecule has 0 saturated heterocycles. The summed E-state index contributed by atoms with van der Waals surface area (Å²) >= 11 is 0. The summed E-state index contributed by atoms with van der Waals surface area (Å²) in [5.74, 6) is -0.282. The highest BCUT2D eigenvalue weighted by atomic mass is 19.4. The molecule has 0 aliphatic rings. The third kappa shape index (κ3) is 5.56. The molecule has 0 aliphatic carbocycles. The van der Waals surface area contributed by atoms with Gasteiger partial charge >= 0.3 is 6.18 Å². The minimum Gasteiger partial charge on any atom is -0.372 e. The summed E-state index contributed by atoms with van der Waals surface area (Å²) in [7, 11) is 1.61. The number of halogens is 3. The van der Waals surface area contributed by atoms with Crippen molar-refractivity contribution >= 4 is 5.91 Å². The highest BCUT2D eigenvalue weighted by Gasteiger charge is 2.27. The lowest BCUT2D eigenvalue weighted by Crippen LogP contribution is -2.30. The van der Waals surface area contributed by atoms with Crippen molar-refractivity contribution in [2.24, 2.45) is 0 Å². The molecule has 2 rings (SSSR count). The van der Waals surface area contributed by atoms with E-state index in [1.807, 2.05) is 31.2 Å². The van der Waals surface area contributed by atoms with Gasteiger partial charge < -0.3 is 9.64 Å². The Morgan fingerprint density at radius 3 is 2.56 bits per heavy atom. The number of aromatic nitrogens is 3. The highest BCUT2D eigenvalue weighted by molar-refractivity contribution is 5.76. The van der Waals surface area contributed by atoms with Crippen LogP contribution in [0, 0.1) is 0 Å². The van der Waals surface area contributed by atoms with Crippen molar-refractivity contribution in [1.29, 1.82) is 0 Å². The molecule has 136 valence electrons. The van der Waals surface area contributed by atoms with Gasteiger partial charge in [0.1, 0.15) is 19.3 Å². The zero-order valence-corrected chi connectivity index (χ0v) is 13.9. The molecular formula is C16H19F3N4O2. The molecule has 9 heteroatoms. The lowest BCUT2D eigenvalue weighted by molar-refractivity contribution is -0.175. The van der Waals surface area contributed by atoms with E-state index in [9.17, 15) is 18.0 Å². The van der Waals surface area contributed by atoms with Crippen molar-refractivity contribution in [2.45, 2.75) is 25.6 Å². The van der Waals surface area contributed by atoms with E-state index in [1.165, 1.54) is 11.2 Å². The first kappa shape index (κ1) is 18.9. The number of benzene rings is 1. The largest absolute Gasteiger partial charge is 0.411 e. The molecule has 0 aliphatic heterocycles. The van der Waals surface area contributed by atoms with Crippen LogP contribution in [0.15, 0.2) is 36.9 Å². The average molecular weight is 356 g/mol. The van der Waals surface area contributed by atoms with Crippen molar-refractivity contribution in [3.63, 3.8) is 0 Å². The Balaban J connectivity index is 1.88. The van der Waals surface area contributed by atoms with Gasteiger partial charge in [-0.15, -0.1) is 0 Å². The second kappa shape index (κ2) is 8.11. The molecule has 1 atom stereocenters. The minimum atomic E-state index is -4.38. The van der Waals surface area contributed by atoms with E-state index in [0.29, 0.717) is 0 Å². The Labute approximate surface area is 143 Å². The molecule has 1 unspecified atom stereocenters. The van der Waals surface area contributed by atoms with Gasteiger partial charge in [-0.2, -0.15) is 18.3 Å². The van der Waals surface area contributed by atoms with E-state index < -0.39 is 12.8 Å². The Kier molecular flexibility index (Phi) is 6.13. The summed E-state index contributed by atoms with van der Waals surface area (Å²) in [6, 6.07) is 7.22. The van der Waals surface area contributed by atoms with Crippen molar-refractivity contribution in [3.05, 3.63) is 42.5 Å². The summed E-state index contributed by atoms with van der Waals surface area (Å²) < 4.78 is 42.1. The van der Waals surface area contributed by atoms with Gasteiger partial charge in [0.05, 0.1) is 24.8 Å². The summed E-state index contributed by atoms with van der Waals surface area (Å²) in [6.45, 7) is 0.239. The molecule has 0 saturated carbocycles. The number of hydrogen-bond acceptors (Lipinski definition) is 4. The van der Waals surface area contributed by atoms with Gasteiger partial charge in [0.2, 0.25) is 5.91 Å². The van der Waals surface area contributed by atoms with E-state index in [0.717, 1.165) is 11.3 Å². The van der Waals surface area contributed by atoms with Gasteiger partial charge in [-0.1, -0.05) is 12.1 Å². The summed E-state index contributed by atoms with van der Waals surface area (Å²) in [5.41, 5.74) is 1.74. The smallest absolute Gasteiger partial charge is 0.372 e. The quantitative estimate of drug-likeness (QED) is 0.716. The minimum absolute atomic E-state index is 0.103. The maximum atomic E-state index is 12.1. The number of nitrogens with zero attached hydrogens (tertiary/aromatic N) is 4. The number of ether oxygens (including phenoxy) is 1. The summed E-state index contributed by atoms with van der Waals surface area (Å²) in [6.07, 6.45) is -1.47. The molecule has 1 aromatic heterocycles. The van der Waals surface area contributed by atoms with Gasteiger partial charge in [-0.05, 0) is 24.6 Å². The maximum absolute atomic E-state index is 12.1. The molecule has 1 amide bonds. The molecule has 0 bridgehead atoms. The van der Waals surface area contributed by atoms with Crippen LogP contribution in [0.3, 0.4) is 0 Å². The fraction of sp³-hybridized carbons (Fsp3) is 0.438. The van der Waals surface area contributed by atoms with Crippen molar-refractivity contribution < 1.29 is 22.7 Å².